The van der Waals surface area contributed by atoms with Crippen LogP contribution < -0.4 is 16.2 Å². The standard InChI is InChI=1S/C19H27N5O3.2ClH/c1-24-16-15(18(26)23-24)13(9-14(22-16)12-3-4-12)17(25)21-10-19(11-27-2)5-7-20-8-6-19;;/h9,12,20H,3-8,10-11H2,1-2H3,(H,21,25)(H,23,26);2*1H. The molecule has 162 valence electrons. The molecular weight excluding hydrogens is 417 g/mol. The van der Waals surface area contributed by atoms with Crippen molar-refractivity contribution in [1.29, 1.82) is 0 Å². The predicted octanol–water partition coefficient (Wildman–Crippen LogP) is 1.73. The second kappa shape index (κ2) is 9.47. The second-order valence-electron chi connectivity index (χ2n) is 7.93. The summed E-state index contributed by atoms with van der Waals surface area (Å²) < 4.78 is 7.02. The van der Waals surface area contributed by atoms with Crippen LogP contribution in [0.1, 0.15) is 47.7 Å². The first-order valence-electron chi connectivity index (χ1n) is 9.60. The predicted molar refractivity (Wildman–Crippen MR) is 117 cm³/mol. The highest BCUT2D eigenvalue weighted by atomic mass is 35.5. The molecule has 29 heavy (non-hydrogen) atoms. The van der Waals surface area contributed by atoms with Gasteiger partial charge in [0.15, 0.2) is 5.65 Å². The molecule has 3 heterocycles. The fourth-order valence-corrected chi connectivity index (χ4v) is 4.04. The van der Waals surface area contributed by atoms with Crippen LogP contribution >= 0.6 is 24.8 Å². The van der Waals surface area contributed by atoms with Crippen molar-refractivity contribution in [2.24, 2.45) is 12.5 Å². The molecule has 10 heteroatoms. The average Bonchev–Trinajstić information content (AvgIpc) is 3.47. The highest BCUT2D eigenvalue weighted by Crippen LogP contribution is 2.40. The molecule has 0 bridgehead atoms. The number of carbonyl (C=O) groups excluding carboxylic acids is 1. The van der Waals surface area contributed by atoms with Crippen molar-refractivity contribution in [3.63, 3.8) is 0 Å². The van der Waals surface area contributed by atoms with Crippen LogP contribution in [0.15, 0.2) is 10.9 Å². The number of methoxy groups -OCH3 is 1. The van der Waals surface area contributed by atoms with Crippen molar-refractivity contribution in [3.05, 3.63) is 27.7 Å². The number of piperidine rings is 1. The molecule has 2 aromatic heterocycles. The molecule has 2 fully saturated rings. The third kappa shape index (κ3) is 4.77. The lowest BCUT2D eigenvalue weighted by atomic mass is 9.79. The number of aryl methyl sites for hydroxylation is 1. The summed E-state index contributed by atoms with van der Waals surface area (Å²) in [6.07, 6.45) is 4.07. The van der Waals surface area contributed by atoms with Gasteiger partial charge in [0.1, 0.15) is 0 Å². The summed E-state index contributed by atoms with van der Waals surface area (Å²) in [7, 11) is 3.45. The minimum absolute atomic E-state index is 0. The minimum Gasteiger partial charge on any atom is -0.384 e. The van der Waals surface area contributed by atoms with E-state index < -0.39 is 0 Å². The van der Waals surface area contributed by atoms with Crippen molar-refractivity contribution in [2.75, 3.05) is 33.4 Å². The number of aromatic nitrogens is 3. The fourth-order valence-electron chi connectivity index (χ4n) is 4.04. The molecule has 4 rings (SSSR count). The summed E-state index contributed by atoms with van der Waals surface area (Å²) in [4.78, 5) is 30.0. The highest BCUT2D eigenvalue weighted by molar-refractivity contribution is 6.05. The van der Waals surface area contributed by atoms with Gasteiger partial charge in [0.2, 0.25) is 0 Å². The summed E-state index contributed by atoms with van der Waals surface area (Å²) in [5.74, 6) is 0.185. The number of hydrogen-bond acceptors (Lipinski definition) is 5. The van der Waals surface area contributed by atoms with E-state index in [2.05, 4.69) is 20.7 Å². The molecule has 0 unspecified atom stereocenters. The maximum atomic E-state index is 13.0. The summed E-state index contributed by atoms with van der Waals surface area (Å²) >= 11 is 0. The van der Waals surface area contributed by atoms with E-state index in [-0.39, 0.29) is 41.7 Å². The lowest BCUT2D eigenvalue weighted by molar-refractivity contribution is 0.0512. The Bertz CT molecular complexity index is 911. The number of fused-ring (bicyclic) bond motifs is 1. The number of pyridine rings is 1. The fraction of sp³-hybridized carbons (Fsp3) is 0.632. The Kier molecular flexibility index (Phi) is 7.73. The zero-order valence-corrected chi connectivity index (χ0v) is 18.4. The van der Waals surface area contributed by atoms with Crippen molar-refractivity contribution >= 4 is 41.8 Å². The third-order valence-corrected chi connectivity index (χ3v) is 5.81. The molecule has 3 N–H and O–H groups in total. The molecule has 1 saturated carbocycles. The first-order chi connectivity index (χ1) is 13.0. The van der Waals surface area contributed by atoms with E-state index >= 15 is 0 Å². The molecule has 1 amide bonds. The number of amides is 1. The summed E-state index contributed by atoms with van der Waals surface area (Å²) in [6.45, 7) is 2.99. The lowest BCUT2D eigenvalue weighted by Crippen LogP contribution is -2.47. The number of H-pyrrole nitrogens is 1. The number of nitrogens with zero attached hydrogens (tertiary/aromatic N) is 2. The van der Waals surface area contributed by atoms with E-state index in [4.69, 9.17) is 4.74 Å². The molecule has 0 spiro atoms. The van der Waals surface area contributed by atoms with E-state index in [0.29, 0.717) is 35.7 Å². The molecule has 0 radical (unpaired) electrons. The molecule has 0 aromatic carbocycles. The van der Waals surface area contributed by atoms with Crippen LogP contribution in [-0.2, 0) is 11.8 Å². The maximum absolute atomic E-state index is 13.0. The second-order valence-corrected chi connectivity index (χ2v) is 7.93. The van der Waals surface area contributed by atoms with Gasteiger partial charge in [-0.3, -0.25) is 19.4 Å². The van der Waals surface area contributed by atoms with Gasteiger partial charge in [-0.15, -0.1) is 24.8 Å². The summed E-state index contributed by atoms with van der Waals surface area (Å²) in [5.41, 5.74) is 1.52. The van der Waals surface area contributed by atoms with Gasteiger partial charge in [-0.25, -0.2) is 4.98 Å². The Labute approximate surface area is 182 Å². The van der Waals surface area contributed by atoms with Gasteiger partial charge >= 0.3 is 0 Å². The van der Waals surface area contributed by atoms with E-state index in [9.17, 15) is 9.59 Å². The Morgan fingerprint density at radius 1 is 1.34 bits per heavy atom. The van der Waals surface area contributed by atoms with Gasteiger partial charge in [0.25, 0.3) is 11.5 Å². The molecule has 1 saturated heterocycles. The zero-order chi connectivity index (χ0) is 19.0. The molecule has 8 nitrogen and oxygen atoms in total. The number of nitrogens with one attached hydrogen (secondary N) is 3. The first-order valence-corrected chi connectivity index (χ1v) is 9.60. The number of ether oxygens (including phenoxy) is 1. The van der Waals surface area contributed by atoms with Crippen LogP contribution in [0.5, 0.6) is 0 Å². The Balaban J connectivity index is 0.00000150. The summed E-state index contributed by atoms with van der Waals surface area (Å²) in [6, 6.07) is 1.80. The van der Waals surface area contributed by atoms with Crippen LogP contribution in [0.2, 0.25) is 0 Å². The topological polar surface area (TPSA) is 101 Å². The molecule has 1 aliphatic heterocycles. The SMILES string of the molecule is COCC1(CNC(=O)c2cc(C3CC3)nc3c2c(=O)[nH]n3C)CCNCC1.Cl.Cl. The first kappa shape index (κ1) is 23.7. The quantitative estimate of drug-likeness (QED) is 0.628. The normalized spacial score (nSPS) is 18.0. The maximum Gasteiger partial charge on any atom is 0.274 e. The highest BCUT2D eigenvalue weighted by Gasteiger charge is 2.33. The van der Waals surface area contributed by atoms with Crippen molar-refractivity contribution < 1.29 is 9.53 Å². The van der Waals surface area contributed by atoms with E-state index in [0.717, 1.165) is 44.5 Å². The van der Waals surface area contributed by atoms with Crippen LogP contribution in [0.25, 0.3) is 11.0 Å². The van der Waals surface area contributed by atoms with Crippen LogP contribution in [0.4, 0.5) is 0 Å². The number of hydrogen-bond donors (Lipinski definition) is 3. The number of rotatable bonds is 6. The molecule has 1 aliphatic carbocycles. The van der Waals surface area contributed by atoms with E-state index in [1.165, 1.54) is 0 Å². The van der Waals surface area contributed by atoms with Gasteiger partial charge in [-0.1, -0.05) is 0 Å². The average molecular weight is 446 g/mol. The lowest BCUT2D eigenvalue weighted by Gasteiger charge is -2.37. The van der Waals surface area contributed by atoms with Crippen molar-refractivity contribution in [2.45, 2.75) is 31.6 Å². The zero-order valence-electron chi connectivity index (χ0n) is 16.7. The van der Waals surface area contributed by atoms with Crippen molar-refractivity contribution in [3.8, 4) is 0 Å². The van der Waals surface area contributed by atoms with Gasteiger partial charge in [-0.2, -0.15) is 0 Å². The van der Waals surface area contributed by atoms with Crippen molar-refractivity contribution in [1.82, 2.24) is 25.4 Å². The molecule has 2 aromatic rings. The van der Waals surface area contributed by atoms with E-state index in [1.54, 1.807) is 24.9 Å². The molecule has 0 atom stereocenters. The number of aromatic amines is 1. The van der Waals surface area contributed by atoms with Crippen LogP contribution in [0.3, 0.4) is 0 Å². The van der Waals surface area contributed by atoms with Gasteiger partial charge in [-0.05, 0) is 44.8 Å². The Morgan fingerprint density at radius 3 is 2.66 bits per heavy atom. The Hall–Kier alpha value is -1.61. The monoisotopic (exact) mass is 445 g/mol. The van der Waals surface area contributed by atoms with Crippen LogP contribution in [-0.4, -0.2) is 54.0 Å². The van der Waals surface area contributed by atoms with Gasteiger partial charge in [0, 0.05) is 37.7 Å². The minimum atomic E-state index is -0.277. The molecule has 2 aliphatic rings. The third-order valence-electron chi connectivity index (χ3n) is 5.81. The van der Waals surface area contributed by atoms with Gasteiger partial charge < -0.3 is 15.4 Å². The largest absolute Gasteiger partial charge is 0.384 e. The number of halogens is 2. The van der Waals surface area contributed by atoms with Crippen LogP contribution in [0, 0.1) is 5.41 Å². The number of carbonyl (C=O) groups is 1. The van der Waals surface area contributed by atoms with Gasteiger partial charge in [0.05, 0.1) is 17.6 Å². The smallest absolute Gasteiger partial charge is 0.274 e. The summed E-state index contributed by atoms with van der Waals surface area (Å²) in [5, 5.41) is 9.51. The Morgan fingerprint density at radius 2 is 2.03 bits per heavy atom. The molecular formula is C19H29Cl2N5O3. The van der Waals surface area contributed by atoms with E-state index in [1.807, 2.05) is 0 Å².